The topological polar surface area (TPSA) is 112 Å². The van der Waals surface area contributed by atoms with Crippen LogP contribution in [0.25, 0.3) is 10.9 Å². The van der Waals surface area contributed by atoms with E-state index in [-0.39, 0.29) is 24.3 Å². The number of nitrogens with one attached hydrogen (secondary N) is 2. The molecule has 8 heteroatoms. The average molecular weight is 452 g/mol. The number of amides is 1. The Bertz CT molecular complexity index is 1090. The molecule has 8 nitrogen and oxygen atoms in total. The molecule has 0 aliphatic carbocycles. The molecule has 0 radical (unpaired) electrons. The summed E-state index contributed by atoms with van der Waals surface area (Å²) >= 11 is 0. The van der Waals surface area contributed by atoms with Crippen molar-refractivity contribution in [2.75, 3.05) is 25.0 Å². The van der Waals surface area contributed by atoms with Crippen LogP contribution in [-0.4, -0.2) is 53.0 Å². The van der Waals surface area contributed by atoms with Crippen LogP contribution in [0.2, 0.25) is 0 Å². The molecule has 1 aliphatic rings. The molecule has 1 unspecified atom stereocenters. The van der Waals surface area contributed by atoms with Gasteiger partial charge in [-0.3, -0.25) is 14.5 Å². The normalized spacial score (nSPS) is 15.8. The number of esters is 1. The van der Waals surface area contributed by atoms with Crippen LogP contribution in [0, 0.1) is 5.92 Å². The van der Waals surface area contributed by atoms with E-state index < -0.39 is 0 Å². The molecule has 1 atom stereocenters. The molecule has 33 heavy (non-hydrogen) atoms. The summed E-state index contributed by atoms with van der Waals surface area (Å²) in [6.45, 7) is 4.38. The second-order valence-electron chi connectivity index (χ2n) is 7.83. The minimum absolute atomic E-state index is 0.000337. The molecule has 3 aromatic rings. The van der Waals surface area contributed by atoms with Gasteiger partial charge in [0, 0.05) is 35.9 Å². The van der Waals surface area contributed by atoms with Crippen molar-refractivity contribution in [1.82, 2.24) is 9.88 Å². The monoisotopic (exact) mass is 451 g/mol. The SMILES string of the molecule is CCOC(=O)c1cccc(NC(=O)C2CCCN(Cc3c[nH]c4ccccc34)C2)c1.O=CO. The Morgan fingerprint density at radius 2 is 2.03 bits per heavy atom. The zero-order chi connectivity index (χ0) is 23.6. The van der Waals surface area contributed by atoms with Gasteiger partial charge in [0.1, 0.15) is 0 Å². The van der Waals surface area contributed by atoms with Crippen molar-refractivity contribution in [2.24, 2.45) is 5.92 Å². The number of carbonyl (C=O) groups is 3. The smallest absolute Gasteiger partial charge is 0.338 e. The molecular weight excluding hydrogens is 422 g/mol. The number of aromatic amines is 1. The van der Waals surface area contributed by atoms with Crippen molar-refractivity contribution in [2.45, 2.75) is 26.3 Å². The quantitative estimate of drug-likeness (QED) is 0.387. The molecule has 174 valence electrons. The molecule has 1 fully saturated rings. The lowest BCUT2D eigenvalue weighted by Gasteiger charge is -2.31. The number of carboxylic acid groups (broad SMARTS) is 1. The lowest BCUT2D eigenvalue weighted by Crippen LogP contribution is -2.40. The average Bonchev–Trinajstić information content (AvgIpc) is 3.23. The van der Waals surface area contributed by atoms with E-state index in [2.05, 4.69) is 39.6 Å². The van der Waals surface area contributed by atoms with Gasteiger partial charge in [-0.2, -0.15) is 0 Å². The lowest BCUT2D eigenvalue weighted by atomic mass is 9.96. The highest BCUT2D eigenvalue weighted by atomic mass is 16.5. The first kappa shape index (κ1) is 24.0. The van der Waals surface area contributed by atoms with E-state index in [1.165, 1.54) is 10.9 Å². The number of aromatic nitrogens is 1. The third kappa shape index (κ3) is 6.43. The third-order valence-electron chi connectivity index (χ3n) is 5.59. The number of likely N-dealkylation sites (tertiary alicyclic amines) is 1. The first-order valence-corrected chi connectivity index (χ1v) is 11.0. The number of piperidine rings is 1. The van der Waals surface area contributed by atoms with Crippen LogP contribution in [-0.2, 0) is 20.9 Å². The summed E-state index contributed by atoms with van der Waals surface area (Å²) in [7, 11) is 0. The number of carbonyl (C=O) groups excluding carboxylic acids is 2. The molecule has 1 aliphatic heterocycles. The number of para-hydroxylation sites is 1. The Balaban J connectivity index is 0.000000968. The van der Waals surface area contributed by atoms with E-state index in [1.54, 1.807) is 31.2 Å². The zero-order valence-electron chi connectivity index (χ0n) is 18.6. The number of hydrogen-bond donors (Lipinski definition) is 3. The highest BCUT2D eigenvalue weighted by Gasteiger charge is 2.26. The molecule has 1 aromatic heterocycles. The summed E-state index contributed by atoms with van der Waals surface area (Å²) in [5, 5.41) is 11.1. The first-order valence-electron chi connectivity index (χ1n) is 11.0. The molecule has 2 heterocycles. The molecule has 0 saturated carbocycles. The summed E-state index contributed by atoms with van der Waals surface area (Å²) in [5.41, 5.74) is 3.47. The van der Waals surface area contributed by atoms with Crippen molar-refractivity contribution < 1.29 is 24.2 Å². The molecule has 1 saturated heterocycles. The van der Waals surface area contributed by atoms with Gasteiger partial charge in [0.15, 0.2) is 0 Å². The largest absolute Gasteiger partial charge is 0.483 e. The summed E-state index contributed by atoms with van der Waals surface area (Å²) in [4.78, 5) is 38.8. The third-order valence-corrected chi connectivity index (χ3v) is 5.59. The maximum Gasteiger partial charge on any atom is 0.338 e. The zero-order valence-corrected chi connectivity index (χ0v) is 18.6. The fraction of sp³-hybridized carbons (Fsp3) is 0.320. The summed E-state index contributed by atoms with van der Waals surface area (Å²) in [6, 6.07) is 15.2. The number of hydrogen-bond acceptors (Lipinski definition) is 5. The van der Waals surface area contributed by atoms with Gasteiger partial charge >= 0.3 is 5.97 Å². The fourth-order valence-electron chi connectivity index (χ4n) is 4.10. The Kier molecular flexibility index (Phi) is 8.60. The van der Waals surface area contributed by atoms with Gasteiger partial charge in [0.2, 0.25) is 5.91 Å². The number of anilines is 1. The Labute approximate surface area is 192 Å². The van der Waals surface area contributed by atoms with Crippen molar-refractivity contribution >= 4 is 34.9 Å². The van der Waals surface area contributed by atoms with Gasteiger partial charge in [0.25, 0.3) is 6.47 Å². The van der Waals surface area contributed by atoms with Gasteiger partial charge in [-0.1, -0.05) is 24.3 Å². The molecule has 0 bridgehead atoms. The van der Waals surface area contributed by atoms with Gasteiger partial charge in [-0.25, -0.2) is 4.79 Å². The highest BCUT2D eigenvalue weighted by molar-refractivity contribution is 5.95. The van der Waals surface area contributed by atoms with Crippen LogP contribution in [0.1, 0.15) is 35.7 Å². The van der Waals surface area contributed by atoms with Gasteiger partial charge in [0.05, 0.1) is 18.1 Å². The first-order chi connectivity index (χ1) is 16.0. The van der Waals surface area contributed by atoms with Crippen molar-refractivity contribution in [1.29, 1.82) is 0 Å². The summed E-state index contributed by atoms with van der Waals surface area (Å²) in [6.07, 6.45) is 3.92. The molecule has 2 aromatic carbocycles. The number of rotatable bonds is 6. The Morgan fingerprint density at radius 3 is 2.82 bits per heavy atom. The number of H-pyrrole nitrogens is 1. The summed E-state index contributed by atoms with van der Waals surface area (Å²) < 4.78 is 5.04. The van der Waals surface area contributed by atoms with Crippen LogP contribution in [0.5, 0.6) is 0 Å². The number of benzene rings is 2. The predicted molar refractivity (Wildman–Crippen MR) is 126 cm³/mol. The Hall–Kier alpha value is -3.65. The van der Waals surface area contributed by atoms with Crippen LogP contribution >= 0.6 is 0 Å². The minimum Gasteiger partial charge on any atom is -0.483 e. The van der Waals surface area contributed by atoms with E-state index in [0.717, 1.165) is 38.0 Å². The van der Waals surface area contributed by atoms with E-state index in [0.29, 0.717) is 17.9 Å². The predicted octanol–water partition coefficient (Wildman–Crippen LogP) is 3.90. The summed E-state index contributed by atoms with van der Waals surface area (Å²) in [5.74, 6) is -0.453. The van der Waals surface area contributed by atoms with Crippen LogP contribution in [0.3, 0.4) is 0 Å². The van der Waals surface area contributed by atoms with Crippen LogP contribution in [0.4, 0.5) is 5.69 Å². The number of ether oxygens (including phenoxy) is 1. The highest BCUT2D eigenvalue weighted by Crippen LogP contribution is 2.24. The van der Waals surface area contributed by atoms with Gasteiger partial charge in [-0.15, -0.1) is 0 Å². The van der Waals surface area contributed by atoms with E-state index in [1.807, 2.05) is 6.07 Å². The molecular formula is C25H29N3O5. The van der Waals surface area contributed by atoms with E-state index in [4.69, 9.17) is 14.6 Å². The Morgan fingerprint density at radius 1 is 1.24 bits per heavy atom. The standard InChI is InChI=1S/C24H27N3O3.CH2O2/c1-2-30-24(29)17-7-5-9-20(13-17)26-23(28)18-8-6-12-27(15-18)16-19-14-25-22-11-4-3-10-21(19)22;2-1-3/h3-5,7,9-11,13-14,18,25H,2,6,8,12,15-16H2,1H3,(H,26,28);1H,(H,2,3). The van der Waals surface area contributed by atoms with Crippen LogP contribution in [0.15, 0.2) is 54.7 Å². The number of nitrogens with zero attached hydrogens (tertiary/aromatic N) is 1. The second kappa shape index (κ2) is 11.8. The van der Waals surface area contributed by atoms with Crippen molar-refractivity contribution in [3.05, 3.63) is 65.9 Å². The van der Waals surface area contributed by atoms with Crippen molar-refractivity contribution in [3.8, 4) is 0 Å². The second-order valence-corrected chi connectivity index (χ2v) is 7.83. The molecule has 0 spiro atoms. The van der Waals surface area contributed by atoms with E-state index >= 15 is 0 Å². The minimum atomic E-state index is -0.379. The van der Waals surface area contributed by atoms with Gasteiger partial charge in [-0.05, 0) is 56.1 Å². The van der Waals surface area contributed by atoms with Crippen molar-refractivity contribution in [3.63, 3.8) is 0 Å². The maximum absolute atomic E-state index is 12.9. The van der Waals surface area contributed by atoms with E-state index in [9.17, 15) is 9.59 Å². The molecule has 1 amide bonds. The number of fused-ring (bicyclic) bond motifs is 1. The molecule has 3 N–H and O–H groups in total. The maximum atomic E-state index is 12.9. The fourth-order valence-corrected chi connectivity index (χ4v) is 4.10. The molecule has 4 rings (SSSR count). The van der Waals surface area contributed by atoms with Gasteiger partial charge < -0.3 is 20.1 Å². The lowest BCUT2D eigenvalue weighted by molar-refractivity contribution is -0.123. The van der Waals surface area contributed by atoms with Crippen LogP contribution < -0.4 is 5.32 Å².